The Bertz CT molecular complexity index is 38.8. The van der Waals surface area contributed by atoms with Gasteiger partial charge in [-0.1, -0.05) is 6.92 Å². The van der Waals surface area contributed by atoms with Crippen LogP contribution in [-0.2, 0) is 21.1 Å². The molecule has 0 bridgehead atoms. The minimum absolute atomic E-state index is 0. The molecule has 3 nitrogen and oxygen atoms in total. The smallest absolute Gasteiger partial charge is 0.907 e. The molecule has 0 aromatic carbocycles. The molecule has 0 atom stereocenters. The van der Waals surface area contributed by atoms with Crippen LogP contribution >= 0.6 is 0 Å². The third-order valence-electron chi connectivity index (χ3n) is 0. The van der Waals surface area contributed by atoms with Crippen LogP contribution in [0.3, 0.4) is 0 Å². The number of allylic oxidation sites excluding steroid dienone is 1. The van der Waals surface area contributed by atoms with E-state index >= 15 is 0 Å². The first-order chi connectivity index (χ1) is 3.15. The molecule has 0 aromatic heterocycles. The van der Waals surface area contributed by atoms with Gasteiger partial charge in [-0.25, -0.2) is 0 Å². The van der Waals surface area contributed by atoms with E-state index in [9.17, 15) is 0 Å². The summed E-state index contributed by atoms with van der Waals surface area (Å²) in [7, 11) is -2.92. The molecule has 8 heavy (non-hydrogen) atoms. The minimum atomic E-state index is -2.92. The van der Waals surface area contributed by atoms with Gasteiger partial charge in [0.25, 0.3) is 0 Å². The standard InChI is InChI=1S/C3H5.BO3.Mo/c1-3-2;2-1(3)4;/h1,3H,2H3;;/q-1;-3;+4. The molecule has 0 spiro atoms. The van der Waals surface area contributed by atoms with Crippen LogP contribution in [0.1, 0.15) is 6.92 Å². The number of rotatable bonds is 0. The van der Waals surface area contributed by atoms with Crippen molar-refractivity contribution in [1.29, 1.82) is 0 Å². The van der Waals surface area contributed by atoms with E-state index < -0.39 is 7.32 Å². The van der Waals surface area contributed by atoms with Gasteiger partial charge in [0.2, 0.25) is 0 Å². The van der Waals surface area contributed by atoms with E-state index in [1.807, 2.05) is 0 Å². The topological polar surface area (TPSA) is 69.2 Å². The van der Waals surface area contributed by atoms with Crippen molar-refractivity contribution in [3.8, 4) is 0 Å². The normalized spacial score (nSPS) is 5.00. The van der Waals surface area contributed by atoms with Gasteiger partial charge in [-0.2, -0.15) is 0 Å². The van der Waals surface area contributed by atoms with E-state index in [1.165, 1.54) is 6.08 Å². The second-order valence-corrected chi connectivity index (χ2v) is 0.622. The van der Waals surface area contributed by atoms with Gasteiger partial charge in [-0.05, 0) is 0 Å². The summed E-state index contributed by atoms with van der Waals surface area (Å²) in [6.45, 7) is 6.50. The second kappa shape index (κ2) is 15.7. The van der Waals surface area contributed by atoms with Crippen LogP contribution in [-0.4, -0.2) is 7.32 Å². The fraction of sp³-hybridized carbons (Fsp3) is 0.333. The first-order valence-corrected chi connectivity index (χ1v) is 1.62. The molecule has 0 heterocycles. The first-order valence-electron chi connectivity index (χ1n) is 1.62. The number of hydrogen-bond donors (Lipinski definition) is 0. The van der Waals surface area contributed by atoms with Gasteiger partial charge in [0.15, 0.2) is 0 Å². The molecular formula is C3H5BMoO3. The summed E-state index contributed by atoms with van der Waals surface area (Å²) in [5.41, 5.74) is 0. The van der Waals surface area contributed by atoms with Crippen molar-refractivity contribution in [3.05, 3.63) is 12.7 Å². The van der Waals surface area contributed by atoms with Gasteiger partial charge < -0.3 is 21.7 Å². The molecule has 0 saturated carbocycles. The summed E-state index contributed by atoms with van der Waals surface area (Å²) in [4.78, 5) is 0. The maximum atomic E-state index is 8.42. The zero-order valence-corrected chi connectivity index (χ0v) is 6.37. The van der Waals surface area contributed by atoms with Crippen molar-refractivity contribution in [2.45, 2.75) is 6.92 Å². The van der Waals surface area contributed by atoms with E-state index in [1.54, 1.807) is 6.92 Å². The first kappa shape index (κ1) is 15.8. The van der Waals surface area contributed by atoms with Crippen LogP contribution < -0.4 is 15.1 Å². The summed E-state index contributed by atoms with van der Waals surface area (Å²) in [5, 5.41) is 25.2. The van der Waals surface area contributed by atoms with Crippen LogP contribution in [0.15, 0.2) is 6.08 Å². The third kappa shape index (κ3) is 1320. The Morgan fingerprint density at radius 1 is 1.38 bits per heavy atom. The predicted octanol–water partition coefficient (Wildman–Crippen LogP) is -2.95. The Morgan fingerprint density at radius 2 is 1.38 bits per heavy atom. The molecule has 0 aliphatic carbocycles. The van der Waals surface area contributed by atoms with Gasteiger partial charge in [-0.3, -0.25) is 13.4 Å². The quantitative estimate of drug-likeness (QED) is 0.307. The Morgan fingerprint density at radius 3 is 1.38 bits per heavy atom. The SMILES string of the molecule is [CH-]=CC.[Mo+4].[O-]B([O-])[O-]. The van der Waals surface area contributed by atoms with Crippen LogP contribution in [0.5, 0.6) is 0 Å². The molecule has 0 aliphatic rings. The van der Waals surface area contributed by atoms with E-state index in [0.29, 0.717) is 0 Å². The van der Waals surface area contributed by atoms with Crippen LogP contribution in [0.2, 0.25) is 0 Å². The van der Waals surface area contributed by atoms with Gasteiger partial charge >= 0.3 is 21.1 Å². The van der Waals surface area contributed by atoms with E-state index in [4.69, 9.17) is 21.7 Å². The molecule has 0 aromatic rings. The molecule has 0 amide bonds. The van der Waals surface area contributed by atoms with Crippen LogP contribution in [0.25, 0.3) is 0 Å². The maximum Gasteiger partial charge on any atom is 4.00 e. The average Bonchev–Trinajstić information content (AvgIpc) is 1.33. The van der Waals surface area contributed by atoms with Gasteiger partial charge in [0.05, 0.1) is 0 Å². The molecule has 0 unspecified atom stereocenters. The van der Waals surface area contributed by atoms with Crippen molar-refractivity contribution in [2.75, 3.05) is 0 Å². The maximum absolute atomic E-state index is 8.42. The largest absolute Gasteiger partial charge is 4.00 e. The number of hydrogen-bond acceptors (Lipinski definition) is 3. The summed E-state index contributed by atoms with van der Waals surface area (Å²) in [5.74, 6) is 0. The van der Waals surface area contributed by atoms with E-state index in [0.717, 1.165) is 0 Å². The Kier molecular flexibility index (Phi) is 30.9. The molecule has 44 valence electrons. The molecule has 0 fully saturated rings. The van der Waals surface area contributed by atoms with Crippen molar-refractivity contribution in [3.63, 3.8) is 0 Å². The predicted molar refractivity (Wildman–Crippen MR) is 20.3 cm³/mol. The van der Waals surface area contributed by atoms with Crippen molar-refractivity contribution in [2.24, 2.45) is 0 Å². The molecule has 0 aliphatic heterocycles. The molecule has 0 rings (SSSR count). The van der Waals surface area contributed by atoms with Crippen LogP contribution in [0, 0.1) is 6.58 Å². The average molecular weight is 196 g/mol. The van der Waals surface area contributed by atoms with Gasteiger partial charge in [0.1, 0.15) is 0 Å². The fourth-order valence-electron chi connectivity index (χ4n) is 0. The molecule has 5 heteroatoms. The Balaban J connectivity index is -0.0000000575. The van der Waals surface area contributed by atoms with Crippen molar-refractivity contribution >= 4 is 7.32 Å². The fourth-order valence-corrected chi connectivity index (χ4v) is 0. The van der Waals surface area contributed by atoms with Crippen molar-refractivity contribution < 1.29 is 36.1 Å². The van der Waals surface area contributed by atoms with Gasteiger partial charge in [0, 0.05) is 0 Å². The summed E-state index contributed by atoms with van der Waals surface area (Å²) in [6, 6.07) is 0. The molecule has 0 radical (unpaired) electrons. The van der Waals surface area contributed by atoms with E-state index in [2.05, 4.69) is 0 Å². The third-order valence-corrected chi connectivity index (χ3v) is 0. The van der Waals surface area contributed by atoms with E-state index in [-0.39, 0.29) is 21.1 Å². The molecular weight excluding hydrogens is 191 g/mol. The zero-order chi connectivity index (χ0) is 6.28. The summed E-state index contributed by atoms with van der Waals surface area (Å²) < 4.78 is 0. The Labute approximate surface area is 63.5 Å². The second-order valence-electron chi connectivity index (χ2n) is 0.622. The molecule has 0 saturated heterocycles. The van der Waals surface area contributed by atoms with Crippen molar-refractivity contribution in [1.82, 2.24) is 0 Å². The summed E-state index contributed by atoms with van der Waals surface area (Å²) >= 11 is 0. The molecule has 0 N–H and O–H groups in total. The summed E-state index contributed by atoms with van der Waals surface area (Å²) in [6.07, 6.45) is 1.50. The zero-order valence-electron chi connectivity index (χ0n) is 4.37. The monoisotopic (exact) mass is 198 g/mol. The van der Waals surface area contributed by atoms with Crippen LogP contribution in [0.4, 0.5) is 0 Å². The Hall–Kier alpha value is 0.373. The van der Waals surface area contributed by atoms with Gasteiger partial charge in [-0.15, -0.1) is 0 Å². The minimum Gasteiger partial charge on any atom is -0.907 e.